The molecule has 0 spiro atoms. The van der Waals surface area contributed by atoms with E-state index in [9.17, 15) is 4.79 Å². The molecular weight excluding hydrogens is 294 g/mol. The summed E-state index contributed by atoms with van der Waals surface area (Å²) in [6, 6.07) is 18.1. The van der Waals surface area contributed by atoms with Crippen molar-refractivity contribution in [2.75, 3.05) is 0 Å². The molecule has 22 heavy (non-hydrogen) atoms. The van der Waals surface area contributed by atoms with Crippen LogP contribution in [0.3, 0.4) is 0 Å². The van der Waals surface area contributed by atoms with Gasteiger partial charge in [-0.05, 0) is 34.5 Å². The minimum Gasteiger partial charge on any atom is -0.300 e. The van der Waals surface area contributed by atoms with Gasteiger partial charge < -0.3 is 0 Å². The van der Waals surface area contributed by atoms with Crippen molar-refractivity contribution in [3.05, 3.63) is 65.1 Å². The predicted octanol–water partition coefficient (Wildman–Crippen LogP) is 3.39. The number of hydrogen-bond donors (Lipinski definition) is 1. The van der Waals surface area contributed by atoms with Gasteiger partial charge in [-0.15, -0.1) is 4.99 Å². The zero-order valence-corrected chi connectivity index (χ0v) is 12.3. The number of amides is 1. The van der Waals surface area contributed by atoms with Crippen LogP contribution in [0.1, 0.15) is 5.56 Å². The van der Waals surface area contributed by atoms with Crippen molar-refractivity contribution in [2.45, 2.75) is 0 Å². The standard InChI is InChI=1S/C17H11N3OS/c18-11-19-17-20-16(21)15(22-17)10-12-6-8-14(9-7-12)13-4-2-1-3-5-13/h1-10H,(H,19,20,21). The lowest BCUT2D eigenvalue weighted by Gasteiger charge is -2.02. The number of nitrogens with one attached hydrogen (secondary N) is 1. The Bertz CT molecular complexity index is 802. The minimum atomic E-state index is -0.230. The van der Waals surface area contributed by atoms with E-state index < -0.39 is 0 Å². The maximum atomic E-state index is 11.8. The third kappa shape index (κ3) is 3.08. The molecule has 0 atom stereocenters. The molecule has 0 saturated carbocycles. The van der Waals surface area contributed by atoms with Crippen molar-refractivity contribution in [1.29, 1.82) is 5.26 Å². The maximum absolute atomic E-state index is 11.8. The molecule has 0 aliphatic carbocycles. The van der Waals surface area contributed by atoms with E-state index in [0.717, 1.165) is 16.7 Å². The van der Waals surface area contributed by atoms with E-state index in [-0.39, 0.29) is 5.91 Å². The Morgan fingerprint density at radius 1 is 1.05 bits per heavy atom. The Morgan fingerprint density at radius 3 is 2.41 bits per heavy atom. The van der Waals surface area contributed by atoms with Crippen LogP contribution < -0.4 is 5.32 Å². The molecule has 0 aromatic heterocycles. The van der Waals surface area contributed by atoms with Gasteiger partial charge in [0.15, 0.2) is 5.17 Å². The number of rotatable bonds is 2. The molecule has 3 rings (SSSR count). The molecule has 1 aliphatic rings. The highest BCUT2D eigenvalue weighted by Gasteiger charge is 2.23. The number of nitrogens with zero attached hydrogens (tertiary/aromatic N) is 2. The molecular formula is C17H11N3OS. The smallest absolute Gasteiger partial charge is 0.264 e. The van der Waals surface area contributed by atoms with Gasteiger partial charge in [0, 0.05) is 0 Å². The molecule has 5 heteroatoms. The summed E-state index contributed by atoms with van der Waals surface area (Å²) in [6.07, 6.45) is 3.45. The number of hydrogen-bond acceptors (Lipinski definition) is 4. The summed E-state index contributed by atoms with van der Waals surface area (Å²) in [5, 5.41) is 11.4. The van der Waals surface area contributed by atoms with Crippen molar-refractivity contribution in [2.24, 2.45) is 4.99 Å². The van der Waals surface area contributed by atoms with Gasteiger partial charge in [-0.3, -0.25) is 10.1 Å². The fourth-order valence-electron chi connectivity index (χ4n) is 2.08. The second-order valence-corrected chi connectivity index (χ2v) is 5.60. The zero-order chi connectivity index (χ0) is 15.4. The van der Waals surface area contributed by atoms with Gasteiger partial charge in [0.1, 0.15) is 0 Å². The molecule has 106 valence electrons. The van der Waals surface area contributed by atoms with E-state index in [1.807, 2.05) is 42.5 Å². The number of amidine groups is 1. The first-order chi connectivity index (χ1) is 10.8. The van der Waals surface area contributed by atoms with Crippen LogP contribution in [-0.2, 0) is 4.79 Å². The number of thioether (sulfide) groups is 1. The van der Waals surface area contributed by atoms with E-state index in [1.54, 1.807) is 12.3 Å². The Hall–Kier alpha value is -2.84. The lowest BCUT2D eigenvalue weighted by molar-refractivity contribution is -0.115. The summed E-state index contributed by atoms with van der Waals surface area (Å²) < 4.78 is 0. The van der Waals surface area contributed by atoms with Crippen LogP contribution in [-0.4, -0.2) is 11.1 Å². The SMILES string of the molecule is N#CN=C1NC(=O)C(=Cc2ccc(-c3ccccc3)cc2)S1. The lowest BCUT2D eigenvalue weighted by atomic mass is 10.0. The lowest BCUT2D eigenvalue weighted by Crippen LogP contribution is -2.19. The van der Waals surface area contributed by atoms with E-state index in [1.165, 1.54) is 11.8 Å². The molecule has 1 N–H and O–H groups in total. The average molecular weight is 305 g/mol. The number of nitriles is 1. The van der Waals surface area contributed by atoms with E-state index in [2.05, 4.69) is 22.4 Å². The normalized spacial score (nSPS) is 17.5. The molecule has 1 heterocycles. The molecule has 1 saturated heterocycles. The molecule has 1 aliphatic heterocycles. The first kappa shape index (κ1) is 14.1. The summed E-state index contributed by atoms with van der Waals surface area (Å²) in [5.74, 6) is -0.230. The fraction of sp³-hybridized carbons (Fsp3) is 0. The number of carbonyl (C=O) groups excluding carboxylic acids is 1. The van der Waals surface area contributed by atoms with E-state index in [4.69, 9.17) is 5.26 Å². The molecule has 0 radical (unpaired) electrons. The summed E-state index contributed by atoms with van der Waals surface area (Å²) in [7, 11) is 0. The number of aliphatic imine (C=N–C) groups is 1. The maximum Gasteiger partial charge on any atom is 0.264 e. The Morgan fingerprint density at radius 2 is 1.73 bits per heavy atom. The summed E-state index contributed by atoms with van der Waals surface area (Å²) in [5.41, 5.74) is 3.20. The fourth-order valence-corrected chi connectivity index (χ4v) is 2.86. The number of benzene rings is 2. The van der Waals surface area contributed by atoms with Crippen LogP contribution in [0.25, 0.3) is 17.2 Å². The topological polar surface area (TPSA) is 65.2 Å². The monoisotopic (exact) mass is 305 g/mol. The molecule has 1 amide bonds. The summed E-state index contributed by atoms with van der Waals surface area (Å²) in [4.78, 5) is 15.8. The van der Waals surface area contributed by atoms with Gasteiger partial charge in [-0.1, -0.05) is 54.6 Å². The minimum absolute atomic E-state index is 0.230. The molecule has 2 aromatic rings. The van der Waals surface area contributed by atoms with E-state index in [0.29, 0.717) is 10.1 Å². The van der Waals surface area contributed by atoms with Gasteiger partial charge in [0.2, 0.25) is 6.19 Å². The Kier molecular flexibility index (Phi) is 4.03. The van der Waals surface area contributed by atoms with Gasteiger partial charge >= 0.3 is 0 Å². The first-order valence-corrected chi connectivity index (χ1v) is 7.41. The van der Waals surface area contributed by atoms with Crippen molar-refractivity contribution in [3.63, 3.8) is 0 Å². The van der Waals surface area contributed by atoms with Gasteiger partial charge in [-0.25, -0.2) is 0 Å². The zero-order valence-electron chi connectivity index (χ0n) is 11.5. The largest absolute Gasteiger partial charge is 0.300 e. The first-order valence-electron chi connectivity index (χ1n) is 6.59. The second-order valence-electron chi connectivity index (χ2n) is 4.57. The van der Waals surface area contributed by atoms with Crippen molar-refractivity contribution >= 4 is 28.9 Å². The van der Waals surface area contributed by atoms with Gasteiger partial charge in [0.05, 0.1) is 4.91 Å². The molecule has 4 nitrogen and oxygen atoms in total. The van der Waals surface area contributed by atoms with Crippen molar-refractivity contribution < 1.29 is 4.79 Å². The van der Waals surface area contributed by atoms with Crippen LogP contribution >= 0.6 is 11.8 Å². The average Bonchev–Trinajstić information content (AvgIpc) is 2.89. The quantitative estimate of drug-likeness (QED) is 0.683. The highest BCUT2D eigenvalue weighted by Crippen LogP contribution is 2.27. The highest BCUT2D eigenvalue weighted by molar-refractivity contribution is 8.18. The highest BCUT2D eigenvalue weighted by atomic mass is 32.2. The second kappa shape index (κ2) is 6.29. The summed E-state index contributed by atoms with van der Waals surface area (Å²) in [6.45, 7) is 0. The predicted molar refractivity (Wildman–Crippen MR) is 88.6 cm³/mol. The van der Waals surface area contributed by atoms with Crippen LogP contribution in [0.5, 0.6) is 0 Å². The number of carbonyl (C=O) groups is 1. The van der Waals surface area contributed by atoms with Gasteiger partial charge in [0.25, 0.3) is 5.91 Å². The van der Waals surface area contributed by atoms with Gasteiger partial charge in [-0.2, -0.15) is 5.26 Å². The molecule has 0 unspecified atom stereocenters. The van der Waals surface area contributed by atoms with Crippen molar-refractivity contribution in [3.8, 4) is 17.3 Å². The van der Waals surface area contributed by atoms with Crippen molar-refractivity contribution in [1.82, 2.24) is 5.32 Å². The molecule has 0 bridgehead atoms. The molecule has 2 aromatic carbocycles. The van der Waals surface area contributed by atoms with Crippen LogP contribution in [0.15, 0.2) is 64.5 Å². The Labute approximate surface area is 132 Å². The van der Waals surface area contributed by atoms with Crippen LogP contribution in [0.2, 0.25) is 0 Å². The van der Waals surface area contributed by atoms with Crippen LogP contribution in [0.4, 0.5) is 0 Å². The summed E-state index contributed by atoms with van der Waals surface area (Å²) >= 11 is 1.17. The Balaban J connectivity index is 1.83. The molecule has 1 fully saturated rings. The van der Waals surface area contributed by atoms with E-state index >= 15 is 0 Å². The van der Waals surface area contributed by atoms with Crippen LogP contribution in [0, 0.1) is 11.5 Å². The third-order valence-corrected chi connectivity index (χ3v) is 4.03. The third-order valence-electron chi connectivity index (χ3n) is 3.12.